The van der Waals surface area contributed by atoms with E-state index in [-0.39, 0.29) is 10.6 Å². The second kappa shape index (κ2) is 10.5. The van der Waals surface area contributed by atoms with Crippen LogP contribution in [0.3, 0.4) is 0 Å². The maximum absolute atomic E-state index is 13.4. The van der Waals surface area contributed by atoms with E-state index in [4.69, 9.17) is 16.3 Å². The molecule has 6 nitrogen and oxygen atoms in total. The maximum atomic E-state index is 13.4. The number of benzene rings is 4. The van der Waals surface area contributed by atoms with Crippen LogP contribution in [0.15, 0.2) is 83.8 Å². The highest BCUT2D eigenvalue weighted by Gasteiger charge is 2.24. The van der Waals surface area contributed by atoms with Gasteiger partial charge in [-0.05, 0) is 73.0 Å². The van der Waals surface area contributed by atoms with Gasteiger partial charge >= 0.3 is 0 Å². The number of ether oxygens (including phenoxy) is 1. The van der Waals surface area contributed by atoms with Crippen LogP contribution in [0.4, 0.5) is 0 Å². The number of aryl methyl sites for hydroxylation is 3. The van der Waals surface area contributed by atoms with Crippen LogP contribution in [0.5, 0.6) is 5.75 Å². The first-order valence-electron chi connectivity index (χ1n) is 12.3. The number of carbonyl (C=O) groups is 1. The van der Waals surface area contributed by atoms with E-state index in [9.17, 15) is 13.2 Å². The highest BCUT2D eigenvalue weighted by atomic mass is 35.5. The predicted molar refractivity (Wildman–Crippen MR) is 152 cm³/mol. The smallest absolute Gasteiger partial charge is 0.281 e. The number of nitrogens with one attached hydrogen (secondary N) is 2. The van der Waals surface area contributed by atoms with Gasteiger partial charge in [0.2, 0.25) is 0 Å². The Kier molecular flexibility index (Phi) is 7.15. The molecule has 0 radical (unpaired) electrons. The summed E-state index contributed by atoms with van der Waals surface area (Å²) in [4.78, 5) is 16.5. The SMILES string of the molecule is Cc1cc(OCCCc2c(C(=O)NS(=O)(=O)c3cccc4ccccc34)[nH]c3ccccc23)cc(C)c1Cl. The summed E-state index contributed by atoms with van der Waals surface area (Å²) in [7, 11) is -4.12. The molecule has 1 heterocycles. The Labute approximate surface area is 226 Å². The number of carbonyl (C=O) groups excluding carboxylic acids is 1. The molecular weight excluding hydrogens is 520 g/mol. The van der Waals surface area contributed by atoms with Crippen molar-refractivity contribution < 1.29 is 17.9 Å². The third-order valence-corrected chi connectivity index (χ3v) is 8.54. The van der Waals surface area contributed by atoms with Crippen LogP contribution in [0.25, 0.3) is 21.7 Å². The molecule has 1 aromatic heterocycles. The largest absolute Gasteiger partial charge is 0.494 e. The number of hydrogen-bond donors (Lipinski definition) is 2. The summed E-state index contributed by atoms with van der Waals surface area (Å²) in [5.41, 5.74) is 3.64. The van der Waals surface area contributed by atoms with Crippen LogP contribution in [-0.2, 0) is 16.4 Å². The molecule has 0 unspecified atom stereocenters. The number of H-pyrrole nitrogens is 1. The molecule has 0 aliphatic heterocycles. The summed E-state index contributed by atoms with van der Waals surface area (Å²) in [5, 5.41) is 2.93. The minimum Gasteiger partial charge on any atom is -0.494 e. The lowest BCUT2D eigenvalue weighted by atomic mass is 10.1. The van der Waals surface area contributed by atoms with Gasteiger partial charge in [-0.15, -0.1) is 0 Å². The topological polar surface area (TPSA) is 88.3 Å². The Hall–Kier alpha value is -3.81. The van der Waals surface area contributed by atoms with Crippen molar-refractivity contribution in [1.82, 2.24) is 9.71 Å². The molecule has 5 rings (SSSR count). The number of sulfonamides is 1. The Morgan fingerprint density at radius 2 is 1.58 bits per heavy atom. The lowest BCUT2D eigenvalue weighted by molar-refractivity contribution is 0.0976. The summed E-state index contributed by atoms with van der Waals surface area (Å²) in [6.07, 6.45) is 1.14. The zero-order valence-corrected chi connectivity index (χ0v) is 22.6. The van der Waals surface area contributed by atoms with Crippen molar-refractivity contribution >= 4 is 49.2 Å². The molecule has 38 heavy (non-hydrogen) atoms. The highest BCUT2D eigenvalue weighted by molar-refractivity contribution is 7.90. The molecule has 0 saturated carbocycles. The monoisotopic (exact) mass is 546 g/mol. The molecule has 0 aliphatic rings. The number of aromatic nitrogens is 1. The molecule has 0 aliphatic carbocycles. The van der Waals surface area contributed by atoms with E-state index in [1.54, 1.807) is 18.2 Å². The highest BCUT2D eigenvalue weighted by Crippen LogP contribution is 2.28. The Morgan fingerprint density at radius 1 is 0.921 bits per heavy atom. The third kappa shape index (κ3) is 5.12. The fourth-order valence-corrected chi connectivity index (χ4v) is 6.04. The average molecular weight is 547 g/mol. The van der Waals surface area contributed by atoms with E-state index in [2.05, 4.69) is 9.71 Å². The fraction of sp³-hybridized carbons (Fsp3) is 0.167. The number of para-hydroxylation sites is 1. The summed E-state index contributed by atoms with van der Waals surface area (Å²) >= 11 is 6.25. The van der Waals surface area contributed by atoms with E-state index < -0.39 is 15.9 Å². The Balaban J connectivity index is 1.37. The number of hydrogen-bond acceptors (Lipinski definition) is 4. The Morgan fingerprint density at radius 3 is 2.34 bits per heavy atom. The molecule has 194 valence electrons. The molecule has 2 N–H and O–H groups in total. The quantitative estimate of drug-likeness (QED) is 0.211. The van der Waals surface area contributed by atoms with E-state index >= 15 is 0 Å². The summed E-state index contributed by atoms with van der Waals surface area (Å²) in [6.45, 7) is 4.30. The molecule has 0 bridgehead atoms. The van der Waals surface area contributed by atoms with E-state index in [1.807, 2.05) is 68.4 Å². The van der Waals surface area contributed by atoms with Crippen molar-refractivity contribution in [3.05, 3.63) is 106 Å². The van der Waals surface area contributed by atoms with Gasteiger partial charge in [0.25, 0.3) is 15.9 Å². The third-order valence-electron chi connectivity index (χ3n) is 6.56. The molecule has 0 saturated heterocycles. The van der Waals surface area contributed by atoms with Gasteiger partial charge in [-0.3, -0.25) is 4.79 Å². The van der Waals surface area contributed by atoms with Gasteiger partial charge in [0, 0.05) is 21.3 Å². The second-order valence-electron chi connectivity index (χ2n) is 9.26. The first-order chi connectivity index (χ1) is 18.2. The summed E-state index contributed by atoms with van der Waals surface area (Å²) in [6, 6.07) is 23.5. The molecule has 0 atom stereocenters. The summed E-state index contributed by atoms with van der Waals surface area (Å²) in [5.74, 6) is 0.0384. The predicted octanol–water partition coefficient (Wildman–Crippen LogP) is 6.72. The van der Waals surface area contributed by atoms with Gasteiger partial charge in [0.1, 0.15) is 11.4 Å². The van der Waals surface area contributed by atoms with E-state index in [1.165, 1.54) is 6.07 Å². The normalized spacial score (nSPS) is 11.7. The molecule has 1 amide bonds. The molecule has 0 spiro atoms. The zero-order valence-electron chi connectivity index (χ0n) is 21.0. The van der Waals surface area contributed by atoms with Gasteiger partial charge in [-0.1, -0.05) is 66.2 Å². The fourth-order valence-electron chi connectivity index (χ4n) is 4.74. The molecule has 4 aromatic carbocycles. The van der Waals surface area contributed by atoms with Gasteiger partial charge in [0.05, 0.1) is 11.5 Å². The van der Waals surface area contributed by atoms with Crippen LogP contribution in [0.1, 0.15) is 33.6 Å². The van der Waals surface area contributed by atoms with Crippen LogP contribution < -0.4 is 9.46 Å². The minimum atomic E-state index is -4.12. The van der Waals surface area contributed by atoms with Gasteiger partial charge in [0.15, 0.2) is 0 Å². The van der Waals surface area contributed by atoms with Gasteiger partial charge in [-0.2, -0.15) is 0 Å². The summed E-state index contributed by atoms with van der Waals surface area (Å²) < 4.78 is 34.8. The van der Waals surface area contributed by atoms with Crippen LogP contribution in [0.2, 0.25) is 5.02 Å². The van der Waals surface area contributed by atoms with E-state index in [0.717, 1.165) is 43.8 Å². The van der Waals surface area contributed by atoms with Crippen molar-refractivity contribution in [1.29, 1.82) is 0 Å². The number of fused-ring (bicyclic) bond motifs is 2. The van der Waals surface area contributed by atoms with Gasteiger partial charge < -0.3 is 9.72 Å². The molecule has 8 heteroatoms. The van der Waals surface area contributed by atoms with E-state index in [0.29, 0.717) is 24.8 Å². The number of amides is 1. The lowest BCUT2D eigenvalue weighted by Gasteiger charge is -2.11. The number of aromatic amines is 1. The van der Waals surface area contributed by atoms with Crippen LogP contribution in [0, 0.1) is 13.8 Å². The maximum Gasteiger partial charge on any atom is 0.281 e. The molecule has 0 fully saturated rings. The average Bonchev–Trinajstić information content (AvgIpc) is 3.28. The number of rotatable bonds is 8. The van der Waals surface area contributed by atoms with Crippen molar-refractivity contribution in [2.24, 2.45) is 0 Å². The van der Waals surface area contributed by atoms with Crippen LogP contribution in [-0.4, -0.2) is 25.9 Å². The standard InChI is InChI=1S/C30H27ClN2O4S/c1-19-17-22(18-20(2)28(19)31)37-16-8-13-25-24-12-5-6-14-26(24)32-29(25)30(34)33-38(35,36)27-15-7-10-21-9-3-4-11-23(21)27/h3-7,9-12,14-15,17-18,32H,8,13,16H2,1-2H3,(H,33,34). The number of halogens is 1. The van der Waals surface area contributed by atoms with Crippen molar-refractivity contribution in [3.63, 3.8) is 0 Å². The zero-order chi connectivity index (χ0) is 26.9. The van der Waals surface area contributed by atoms with Crippen molar-refractivity contribution in [3.8, 4) is 5.75 Å². The lowest BCUT2D eigenvalue weighted by Crippen LogP contribution is -2.31. The molecule has 5 aromatic rings. The van der Waals surface area contributed by atoms with Crippen molar-refractivity contribution in [2.45, 2.75) is 31.6 Å². The first kappa shape index (κ1) is 25.8. The van der Waals surface area contributed by atoms with Crippen molar-refractivity contribution in [2.75, 3.05) is 6.61 Å². The Bertz CT molecular complexity index is 1750. The minimum absolute atomic E-state index is 0.0589. The first-order valence-corrected chi connectivity index (χ1v) is 14.1. The van der Waals surface area contributed by atoms with Crippen LogP contribution >= 0.6 is 11.6 Å². The molecular formula is C30H27ClN2O4S. The van der Waals surface area contributed by atoms with Gasteiger partial charge in [-0.25, -0.2) is 13.1 Å². The second-order valence-corrected chi connectivity index (χ2v) is 11.3.